The number of alkyl halides is 3. The maximum absolute atomic E-state index is 12.7. The van der Waals surface area contributed by atoms with E-state index in [1.165, 1.54) is 16.7 Å². The number of hydrogen-bond acceptors (Lipinski definition) is 3. The normalized spacial score (nSPS) is 11.5. The van der Waals surface area contributed by atoms with Crippen molar-refractivity contribution in [3.8, 4) is 5.75 Å². The number of fused-ring (bicyclic) bond motifs is 1. The van der Waals surface area contributed by atoms with Crippen molar-refractivity contribution in [1.29, 1.82) is 0 Å². The molecule has 2 heterocycles. The van der Waals surface area contributed by atoms with Gasteiger partial charge in [0.2, 0.25) is 0 Å². The van der Waals surface area contributed by atoms with Crippen LogP contribution in [0.15, 0.2) is 54.9 Å². The summed E-state index contributed by atoms with van der Waals surface area (Å²) in [5.74, 6) is 0.320. The van der Waals surface area contributed by atoms with Crippen LogP contribution < -0.4 is 10.1 Å². The van der Waals surface area contributed by atoms with Crippen molar-refractivity contribution in [2.75, 3.05) is 13.2 Å². The van der Waals surface area contributed by atoms with Crippen molar-refractivity contribution in [2.24, 2.45) is 0 Å². The zero-order valence-corrected chi connectivity index (χ0v) is 13.7. The molecule has 0 saturated carbocycles. The van der Waals surface area contributed by atoms with Crippen molar-refractivity contribution in [3.63, 3.8) is 0 Å². The number of ether oxygens (including phenoxy) is 1. The summed E-state index contributed by atoms with van der Waals surface area (Å²) in [6, 6.07) is 11.3. The lowest BCUT2D eigenvalue weighted by molar-refractivity contribution is -0.137. The number of pyridine rings is 1. The molecule has 0 saturated heterocycles. The van der Waals surface area contributed by atoms with Gasteiger partial charge in [-0.05, 0) is 24.3 Å². The van der Waals surface area contributed by atoms with E-state index in [4.69, 9.17) is 4.74 Å². The molecule has 1 aromatic carbocycles. The topological polar surface area (TPSA) is 55.6 Å². The van der Waals surface area contributed by atoms with Crippen LogP contribution in [0.4, 0.5) is 13.2 Å². The lowest BCUT2D eigenvalue weighted by Gasteiger charge is -2.06. The molecule has 3 aromatic rings. The summed E-state index contributed by atoms with van der Waals surface area (Å²) in [5, 5.41) is 2.69. The molecule has 0 aliphatic carbocycles. The number of rotatable bonds is 6. The number of carbonyl (C=O) groups is 1. The van der Waals surface area contributed by atoms with Gasteiger partial charge < -0.3 is 14.5 Å². The van der Waals surface area contributed by atoms with E-state index < -0.39 is 11.7 Å². The van der Waals surface area contributed by atoms with E-state index >= 15 is 0 Å². The number of para-hydroxylation sites is 1. The number of benzene rings is 1. The summed E-state index contributed by atoms with van der Waals surface area (Å²) in [6.45, 7) is 0.205. The maximum atomic E-state index is 12.7. The molecule has 8 heteroatoms. The Bertz CT molecular complexity index is 892. The Balaban J connectivity index is 1.50. The Morgan fingerprint density at radius 2 is 1.88 bits per heavy atom. The van der Waals surface area contributed by atoms with Gasteiger partial charge in [0.15, 0.2) is 6.61 Å². The average molecular weight is 363 g/mol. The second kappa shape index (κ2) is 7.47. The van der Waals surface area contributed by atoms with Gasteiger partial charge in [-0.25, -0.2) is 4.98 Å². The Morgan fingerprint density at radius 1 is 1.12 bits per heavy atom. The molecular formula is C18H16F3N3O2. The Kier molecular flexibility index (Phi) is 5.11. The molecule has 3 rings (SSSR count). The minimum absolute atomic E-state index is 0.107. The van der Waals surface area contributed by atoms with Crippen molar-refractivity contribution >= 4 is 11.6 Å². The van der Waals surface area contributed by atoms with Crippen LogP contribution in [0.5, 0.6) is 5.75 Å². The molecule has 0 spiro atoms. The zero-order valence-electron chi connectivity index (χ0n) is 13.7. The lowest BCUT2D eigenvalue weighted by atomic mass is 10.3. The van der Waals surface area contributed by atoms with Crippen LogP contribution in [0.3, 0.4) is 0 Å². The van der Waals surface area contributed by atoms with Crippen LogP contribution in [0.25, 0.3) is 5.65 Å². The molecule has 5 nitrogen and oxygen atoms in total. The van der Waals surface area contributed by atoms with E-state index in [9.17, 15) is 18.0 Å². The van der Waals surface area contributed by atoms with Crippen LogP contribution in [0, 0.1) is 0 Å². The minimum atomic E-state index is -4.40. The molecule has 1 amide bonds. The van der Waals surface area contributed by atoms with Crippen molar-refractivity contribution in [1.82, 2.24) is 14.7 Å². The fraction of sp³-hybridized carbons (Fsp3) is 0.222. The number of amides is 1. The van der Waals surface area contributed by atoms with Crippen molar-refractivity contribution in [2.45, 2.75) is 12.6 Å². The SMILES string of the molecule is O=C(COc1ccccc1)NCCc1cn2cc(C(F)(F)F)ccc2n1. The number of carbonyl (C=O) groups excluding carboxylic acids is 1. The minimum Gasteiger partial charge on any atom is -0.484 e. The van der Waals surface area contributed by atoms with Gasteiger partial charge in [0.05, 0.1) is 11.3 Å². The van der Waals surface area contributed by atoms with Crippen LogP contribution in [0.2, 0.25) is 0 Å². The van der Waals surface area contributed by atoms with Crippen LogP contribution in [-0.4, -0.2) is 28.4 Å². The first-order chi connectivity index (χ1) is 12.4. The first kappa shape index (κ1) is 17.8. The second-order valence-corrected chi connectivity index (χ2v) is 5.61. The summed E-state index contributed by atoms with van der Waals surface area (Å²) in [7, 11) is 0. The average Bonchev–Trinajstić information content (AvgIpc) is 3.02. The highest BCUT2D eigenvalue weighted by molar-refractivity contribution is 5.77. The van der Waals surface area contributed by atoms with E-state index in [1.54, 1.807) is 24.3 Å². The molecule has 26 heavy (non-hydrogen) atoms. The molecule has 0 bridgehead atoms. The summed E-state index contributed by atoms with van der Waals surface area (Å²) in [6.07, 6.45) is -1.47. The number of nitrogens with one attached hydrogen (secondary N) is 1. The van der Waals surface area contributed by atoms with E-state index in [-0.39, 0.29) is 12.5 Å². The summed E-state index contributed by atoms with van der Waals surface area (Å²) in [4.78, 5) is 16.0. The third-order valence-electron chi connectivity index (χ3n) is 3.64. The van der Waals surface area contributed by atoms with Gasteiger partial charge in [-0.15, -0.1) is 0 Å². The fourth-order valence-corrected chi connectivity index (χ4v) is 2.38. The van der Waals surface area contributed by atoms with Gasteiger partial charge >= 0.3 is 6.18 Å². The molecule has 0 radical (unpaired) electrons. The first-order valence-corrected chi connectivity index (χ1v) is 7.91. The molecule has 0 fully saturated rings. The highest BCUT2D eigenvalue weighted by atomic mass is 19.4. The van der Waals surface area contributed by atoms with Gasteiger partial charge in [0.1, 0.15) is 11.4 Å². The quantitative estimate of drug-likeness (QED) is 0.732. The monoisotopic (exact) mass is 363 g/mol. The summed E-state index contributed by atoms with van der Waals surface area (Å²) >= 11 is 0. The van der Waals surface area contributed by atoms with Crippen molar-refractivity contribution in [3.05, 3.63) is 66.1 Å². The largest absolute Gasteiger partial charge is 0.484 e. The van der Waals surface area contributed by atoms with Gasteiger partial charge in [0, 0.05) is 25.4 Å². The number of hydrogen-bond donors (Lipinski definition) is 1. The number of halogens is 3. The van der Waals surface area contributed by atoms with E-state index in [0.717, 1.165) is 12.3 Å². The van der Waals surface area contributed by atoms with E-state index in [1.807, 2.05) is 6.07 Å². The molecule has 136 valence electrons. The molecule has 2 aromatic heterocycles. The van der Waals surface area contributed by atoms with Crippen LogP contribution in [0.1, 0.15) is 11.3 Å². The Labute approximate surface area is 147 Å². The molecular weight excluding hydrogens is 347 g/mol. The smallest absolute Gasteiger partial charge is 0.417 e. The molecule has 0 unspecified atom stereocenters. The van der Waals surface area contributed by atoms with Crippen LogP contribution >= 0.6 is 0 Å². The maximum Gasteiger partial charge on any atom is 0.417 e. The predicted molar refractivity (Wildman–Crippen MR) is 88.8 cm³/mol. The molecule has 0 aliphatic heterocycles. The van der Waals surface area contributed by atoms with Gasteiger partial charge in [0.25, 0.3) is 5.91 Å². The summed E-state index contributed by atoms with van der Waals surface area (Å²) in [5.41, 5.74) is 0.278. The Hall–Kier alpha value is -3.03. The van der Waals surface area contributed by atoms with E-state index in [0.29, 0.717) is 30.1 Å². The first-order valence-electron chi connectivity index (χ1n) is 7.91. The zero-order chi connectivity index (χ0) is 18.6. The number of aromatic nitrogens is 2. The van der Waals surface area contributed by atoms with Gasteiger partial charge in [-0.1, -0.05) is 18.2 Å². The standard InChI is InChI=1S/C18H16F3N3O2/c19-18(20,21)13-6-7-16-23-14(11-24(16)10-13)8-9-22-17(25)12-26-15-4-2-1-3-5-15/h1-7,10-11H,8-9,12H2,(H,22,25). The molecule has 0 aliphatic rings. The molecule has 0 atom stereocenters. The third kappa shape index (κ3) is 4.53. The number of imidazole rings is 1. The van der Waals surface area contributed by atoms with E-state index in [2.05, 4.69) is 10.3 Å². The molecule has 1 N–H and O–H groups in total. The summed E-state index contributed by atoms with van der Waals surface area (Å²) < 4.78 is 44.8. The van der Waals surface area contributed by atoms with Gasteiger partial charge in [-0.2, -0.15) is 13.2 Å². The third-order valence-corrected chi connectivity index (χ3v) is 3.64. The second-order valence-electron chi connectivity index (χ2n) is 5.61. The highest BCUT2D eigenvalue weighted by Gasteiger charge is 2.30. The van der Waals surface area contributed by atoms with Gasteiger partial charge in [-0.3, -0.25) is 4.79 Å². The Morgan fingerprint density at radius 3 is 2.62 bits per heavy atom. The predicted octanol–water partition coefficient (Wildman–Crippen LogP) is 3.09. The number of nitrogens with zero attached hydrogens (tertiary/aromatic N) is 2. The fourth-order valence-electron chi connectivity index (χ4n) is 2.38. The highest BCUT2D eigenvalue weighted by Crippen LogP contribution is 2.29. The van der Waals surface area contributed by atoms with Crippen LogP contribution in [-0.2, 0) is 17.4 Å². The van der Waals surface area contributed by atoms with Crippen molar-refractivity contribution < 1.29 is 22.7 Å². The lowest BCUT2D eigenvalue weighted by Crippen LogP contribution is -2.30.